The van der Waals surface area contributed by atoms with Gasteiger partial charge in [-0.1, -0.05) is 0 Å². The molecule has 0 saturated carbocycles. The normalized spacial score (nSPS) is 8.43. The molecule has 0 aromatic rings. The van der Waals surface area contributed by atoms with E-state index in [1.165, 1.54) is 0 Å². The standard InChI is InChI=1S/Al.Mg.H3O4P.2H/c;;1-5(2,3)4;;/h;;(H3,1,2,3,4);;/q+3;+2;;2*-1/p-3. The smallest absolute Gasteiger partial charge is 1.00 e. The first-order valence-electron chi connectivity index (χ1n) is 0.730. The van der Waals surface area contributed by atoms with E-state index < -0.39 is 7.82 Å². The summed E-state index contributed by atoms with van der Waals surface area (Å²) in [7, 11) is -5.39. The second-order valence-electron chi connectivity index (χ2n) is 0.447. The van der Waals surface area contributed by atoms with E-state index in [4.69, 9.17) is 19.2 Å². The van der Waals surface area contributed by atoms with Crippen LogP contribution in [0.25, 0.3) is 0 Å². The molecule has 0 radical (unpaired) electrons. The largest absolute Gasteiger partial charge is 3.00 e. The van der Waals surface area contributed by atoms with Gasteiger partial charge in [0.25, 0.3) is 0 Å². The van der Waals surface area contributed by atoms with Crippen LogP contribution in [0.5, 0.6) is 0 Å². The molecule has 7 heavy (non-hydrogen) atoms. The van der Waals surface area contributed by atoms with Gasteiger partial charge in [-0.25, -0.2) is 0 Å². The fourth-order valence-corrected chi connectivity index (χ4v) is 0. The summed E-state index contributed by atoms with van der Waals surface area (Å²) in [5.74, 6) is 0. The van der Waals surface area contributed by atoms with Crippen molar-refractivity contribution in [1.82, 2.24) is 0 Å². The molecule has 0 aromatic carbocycles. The van der Waals surface area contributed by atoms with Crippen molar-refractivity contribution in [2.75, 3.05) is 0 Å². The molecule has 0 aliphatic heterocycles. The second kappa shape index (κ2) is 5.54. The quantitative estimate of drug-likeness (QED) is 0.265. The van der Waals surface area contributed by atoms with Crippen molar-refractivity contribution in [2.45, 2.75) is 0 Å². The topological polar surface area (TPSA) is 86.2 Å². The Labute approximate surface area is 70.4 Å². The van der Waals surface area contributed by atoms with Crippen molar-refractivity contribution in [3.63, 3.8) is 0 Å². The molecule has 0 aromatic heterocycles. The van der Waals surface area contributed by atoms with Crippen molar-refractivity contribution >= 4 is 48.2 Å². The summed E-state index contributed by atoms with van der Waals surface area (Å²) in [6.45, 7) is 0. The number of hydrogen-bond acceptors (Lipinski definition) is 4. The van der Waals surface area contributed by atoms with Gasteiger partial charge in [-0.2, -0.15) is 7.82 Å². The zero-order valence-electron chi connectivity index (χ0n) is 5.36. The molecule has 0 unspecified atom stereocenters. The van der Waals surface area contributed by atoms with Crippen molar-refractivity contribution in [3.05, 3.63) is 0 Å². The Hall–Kier alpha value is 1.41. The molecule has 0 atom stereocenters. The number of rotatable bonds is 0. The molecular weight excluding hydrogens is 146 g/mol. The van der Waals surface area contributed by atoms with Gasteiger partial charge in [-0.05, 0) is 0 Å². The van der Waals surface area contributed by atoms with Crippen LogP contribution in [0.2, 0.25) is 0 Å². The molecule has 0 saturated heterocycles. The monoisotopic (exact) mass is 148 g/mol. The molecule has 0 amide bonds. The fraction of sp³-hybridized carbons (Fsp3) is 0. The van der Waals surface area contributed by atoms with Gasteiger partial charge < -0.3 is 22.1 Å². The van der Waals surface area contributed by atoms with Gasteiger partial charge in [-0.3, -0.25) is 0 Å². The summed E-state index contributed by atoms with van der Waals surface area (Å²) in [6.07, 6.45) is 0. The Kier molecular flexibility index (Phi) is 12.5. The molecule has 4 nitrogen and oxygen atoms in total. The van der Waals surface area contributed by atoms with E-state index in [-0.39, 0.29) is 43.3 Å². The summed E-state index contributed by atoms with van der Waals surface area (Å²) < 4.78 is 8.55. The van der Waals surface area contributed by atoms with E-state index in [0.29, 0.717) is 0 Å². The molecule has 0 heterocycles. The van der Waals surface area contributed by atoms with Crippen molar-refractivity contribution < 1.29 is 22.1 Å². The molecule has 7 heteroatoms. The van der Waals surface area contributed by atoms with E-state index in [2.05, 4.69) is 0 Å². The van der Waals surface area contributed by atoms with Crippen LogP contribution in [0.4, 0.5) is 0 Å². The molecular formula is H2AlMgO4P. The molecule has 0 fully saturated rings. The number of phosphoric acid groups is 1. The average molecular weight is 148 g/mol. The molecule has 0 N–H and O–H groups in total. The van der Waals surface area contributed by atoms with Crippen LogP contribution in [0, 0.1) is 0 Å². The third kappa shape index (κ3) is 109. The van der Waals surface area contributed by atoms with Crippen molar-refractivity contribution in [3.8, 4) is 0 Å². The average Bonchev–Trinajstić information content (AvgIpc) is 0.722. The van der Waals surface area contributed by atoms with Crippen molar-refractivity contribution in [2.24, 2.45) is 0 Å². The van der Waals surface area contributed by atoms with Gasteiger partial charge in [0, 0.05) is 0 Å². The summed E-state index contributed by atoms with van der Waals surface area (Å²) in [5, 5.41) is 0. The predicted molar refractivity (Wildman–Crippen MR) is 21.3 cm³/mol. The van der Waals surface area contributed by atoms with E-state index >= 15 is 0 Å². The minimum Gasteiger partial charge on any atom is -1.00 e. The molecule has 36 valence electrons. The van der Waals surface area contributed by atoms with Crippen LogP contribution >= 0.6 is 7.82 Å². The maximum Gasteiger partial charge on any atom is 3.00 e. The van der Waals surface area contributed by atoms with E-state index in [1.54, 1.807) is 0 Å². The van der Waals surface area contributed by atoms with Crippen LogP contribution in [0.1, 0.15) is 2.85 Å². The third-order valence-corrected chi connectivity index (χ3v) is 0. The second-order valence-corrected chi connectivity index (χ2v) is 1.34. The maximum absolute atomic E-state index is 8.55. The molecule has 0 bridgehead atoms. The van der Waals surface area contributed by atoms with E-state index in [0.717, 1.165) is 0 Å². The Morgan fingerprint density at radius 1 is 1.29 bits per heavy atom. The molecule has 0 rings (SSSR count). The van der Waals surface area contributed by atoms with Crippen LogP contribution in [0.3, 0.4) is 0 Å². The van der Waals surface area contributed by atoms with Crippen LogP contribution in [-0.4, -0.2) is 40.4 Å². The Bertz CT molecular complexity index is 64.7. The van der Waals surface area contributed by atoms with Gasteiger partial charge in [0.15, 0.2) is 0 Å². The van der Waals surface area contributed by atoms with Gasteiger partial charge in [-0.15, -0.1) is 0 Å². The van der Waals surface area contributed by atoms with Gasteiger partial charge in [0.1, 0.15) is 0 Å². The number of hydrogen-bond donors (Lipinski definition) is 0. The van der Waals surface area contributed by atoms with Crippen LogP contribution < -0.4 is 14.7 Å². The first kappa shape index (κ1) is 15.8. The first-order valence-corrected chi connectivity index (χ1v) is 2.19. The Morgan fingerprint density at radius 2 is 1.29 bits per heavy atom. The third-order valence-electron chi connectivity index (χ3n) is 0. The summed E-state index contributed by atoms with van der Waals surface area (Å²) in [6, 6.07) is 0. The summed E-state index contributed by atoms with van der Waals surface area (Å²) >= 11 is 0. The molecule has 0 spiro atoms. The maximum atomic E-state index is 8.55. The van der Waals surface area contributed by atoms with Crippen LogP contribution in [0.15, 0.2) is 0 Å². The zero-order chi connectivity index (χ0) is 4.50. The molecule has 0 aliphatic rings. The Morgan fingerprint density at radius 3 is 1.29 bits per heavy atom. The summed E-state index contributed by atoms with van der Waals surface area (Å²) in [5.41, 5.74) is 0. The first-order chi connectivity index (χ1) is 2.00. The van der Waals surface area contributed by atoms with Gasteiger partial charge in [0.2, 0.25) is 0 Å². The van der Waals surface area contributed by atoms with E-state index in [9.17, 15) is 0 Å². The molecule has 0 aliphatic carbocycles. The SMILES string of the molecule is O=P([O-])([O-])[O-].[Al+3].[H-].[H-].[Mg+2]. The predicted octanol–water partition coefficient (Wildman–Crippen LogP) is -3.36. The van der Waals surface area contributed by atoms with Crippen LogP contribution in [-0.2, 0) is 4.57 Å². The van der Waals surface area contributed by atoms with Gasteiger partial charge >= 0.3 is 40.4 Å². The van der Waals surface area contributed by atoms with Gasteiger partial charge in [0.05, 0.1) is 0 Å². The minimum atomic E-state index is -5.39. The van der Waals surface area contributed by atoms with Crippen molar-refractivity contribution in [1.29, 1.82) is 0 Å². The zero-order valence-corrected chi connectivity index (χ0v) is 6.83. The minimum absolute atomic E-state index is 0. The fourth-order valence-electron chi connectivity index (χ4n) is 0. The Balaban J connectivity index is -0.0000000133. The van der Waals surface area contributed by atoms with E-state index in [1.807, 2.05) is 0 Å². The summed E-state index contributed by atoms with van der Waals surface area (Å²) in [4.78, 5) is 25.6.